The Hall–Kier alpha value is 0.0600. The Morgan fingerprint density at radius 1 is 1.58 bits per heavy atom. The lowest BCUT2D eigenvalue weighted by molar-refractivity contribution is -0.0259. The van der Waals surface area contributed by atoms with Gasteiger partial charge in [-0.3, -0.25) is 0 Å². The predicted molar refractivity (Wildman–Crippen MR) is 82.9 cm³/mol. The summed E-state index contributed by atoms with van der Waals surface area (Å²) >= 11 is 5.44. The minimum atomic E-state index is 0.249. The number of ether oxygens (including phenoxy) is 2. The molecule has 0 aromatic carbocycles. The van der Waals surface area contributed by atoms with Crippen LogP contribution in [0.25, 0.3) is 0 Å². The average Bonchev–Trinajstić information content (AvgIpc) is 2.75. The third kappa shape index (κ3) is 4.26. The molecule has 2 rings (SSSR count). The molecule has 1 N–H and O–H groups in total. The van der Waals surface area contributed by atoms with Crippen molar-refractivity contribution in [2.75, 3.05) is 33.4 Å². The number of methoxy groups -OCH3 is 1. The molecule has 2 heterocycles. The van der Waals surface area contributed by atoms with Crippen LogP contribution >= 0.6 is 27.3 Å². The fourth-order valence-electron chi connectivity index (χ4n) is 2.45. The lowest BCUT2D eigenvalue weighted by Crippen LogP contribution is -2.33. The summed E-state index contributed by atoms with van der Waals surface area (Å²) in [5.41, 5.74) is 0. The van der Waals surface area contributed by atoms with Crippen molar-refractivity contribution in [1.29, 1.82) is 0 Å². The van der Waals surface area contributed by atoms with E-state index in [0.29, 0.717) is 5.92 Å². The van der Waals surface area contributed by atoms with Gasteiger partial charge in [0.05, 0.1) is 12.7 Å². The molecule has 1 aromatic rings. The molecule has 0 amide bonds. The van der Waals surface area contributed by atoms with Crippen LogP contribution in [0, 0.1) is 12.8 Å². The van der Waals surface area contributed by atoms with Crippen LogP contribution in [-0.4, -0.2) is 33.4 Å². The number of thiophene rings is 1. The van der Waals surface area contributed by atoms with Gasteiger partial charge in [0, 0.05) is 47.0 Å². The summed E-state index contributed by atoms with van der Waals surface area (Å²) in [5, 5.41) is 3.47. The van der Waals surface area contributed by atoms with Gasteiger partial charge in [-0.2, -0.15) is 0 Å². The lowest BCUT2D eigenvalue weighted by atomic mass is 9.93. The first kappa shape index (κ1) is 15.4. The van der Waals surface area contributed by atoms with E-state index in [1.54, 1.807) is 7.11 Å². The maximum absolute atomic E-state index is 6.02. The van der Waals surface area contributed by atoms with E-state index in [1.165, 1.54) is 27.1 Å². The second kappa shape index (κ2) is 7.74. The monoisotopic (exact) mass is 347 g/mol. The minimum absolute atomic E-state index is 0.249. The van der Waals surface area contributed by atoms with Crippen molar-refractivity contribution < 1.29 is 9.47 Å². The van der Waals surface area contributed by atoms with E-state index in [-0.39, 0.29) is 6.10 Å². The summed E-state index contributed by atoms with van der Waals surface area (Å²) in [6.07, 6.45) is 2.65. The number of hydrogen-bond acceptors (Lipinski definition) is 4. The largest absolute Gasteiger partial charge is 0.383 e. The SMILES string of the molecule is COCCNCC1CCCOC1c1cc(Br)c(C)s1. The van der Waals surface area contributed by atoms with Gasteiger partial charge in [0.2, 0.25) is 0 Å². The Morgan fingerprint density at radius 2 is 2.42 bits per heavy atom. The average molecular weight is 348 g/mol. The van der Waals surface area contributed by atoms with Gasteiger partial charge >= 0.3 is 0 Å². The molecule has 5 heteroatoms. The van der Waals surface area contributed by atoms with E-state index in [9.17, 15) is 0 Å². The topological polar surface area (TPSA) is 30.5 Å². The molecule has 1 aliphatic heterocycles. The van der Waals surface area contributed by atoms with E-state index >= 15 is 0 Å². The number of rotatable bonds is 6. The first-order chi connectivity index (χ1) is 9.22. The first-order valence-corrected chi connectivity index (χ1v) is 8.40. The van der Waals surface area contributed by atoms with Crippen LogP contribution in [0.3, 0.4) is 0 Å². The smallest absolute Gasteiger partial charge is 0.0957 e. The molecular formula is C14H22BrNO2S. The van der Waals surface area contributed by atoms with Gasteiger partial charge in [0.1, 0.15) is 0 Å². The van der Waals surface area contributed by atoms with Gasteiger partial charge < -0.3 is 14.8 Å². The molecule has 108 valence electrons. The summed E-state index contributed by atoms with van der Waals surface area (Å²) < 4.78 is 12.3. The standard InChI is InChI=1S/C14H22BrNO2S/c1-10-12(15)8-13(19-10)14-11(4-3-6-18-14)9-16-5-7-17-2/h8,11,14,16H,3-7,9H2,1-2H3. The molecule has 1 aliphatic rings. The summed E-state index contributed by atoms with van der Waals surface area (Å²) in [7, 11) is 1.74. The van der Waals surface area contributed by atoms with Crippen LogP contribution in [0.5, 0.6) is 0 Å². The zero-order valence-corrected chi connectivity index (χ0v) is 14.0. The van der Waals surface area contributed by atoms with Crippen LogP contribution < -0.4 is 5.32 Å². The van der Waals surface area contributed by atoms with Gasteiger partial charge in [-0.15, -0.1) is 11.3 Å². The Labute approximate surface area is 127 Å². The fourth-order valence-corrected chi connectivity index (χ4v) is 4.15. The minimum Gasteiger partial charge on any atom is -0.383 e. The second-order valence-corrected chi connectivity index (χ2v) is 7.09. The number of halogens is 1. The van der Waals surface area contributed by atoms with Crippen molar-refractivity contribution in [3.8, 4) is 0 Å². The molecule has 1 saturated heterocycles. The second-order valence-electron chi connectivity index (χ2n) is 4.94. The highest BCUT2D eigenvalue weighted by atomic mass is 79.9. The first-order valence-electron chi connectivity index (χ1n) is 6.79. The van der Waals surface area contributed by atoms with E-state index in [1.807, 2.05) is 11.3 Å². The maximum atomic E-state index is 6.02. The van der Waals surface area contributed by atoms with Crippen LogP contribution in [-0.2, 0) is 9.47 Å². The van der Waals surface area contributed by atoms with Crippen LogP contribution in [0.4, 0.5) is 0 Å². The third-order valence-electron chi connectivity index (χ3n) is 3.49. The van der Waals surface area contributed by atoms with Gasteiger partial charge in [0.15, 0.2) is 0 Å². The zero-order chi connectivity index (χ0) is 13.7. The molecular weight excluding hydrogens is 326 g/mol. The molecule has 1 aromatic heterocycles. The molecule has 0 spiro atoms. The molecule has 3 nitrogen and oxygen atoms in total. The number of aryl methyl sites for hydroxylation is 1. The van der Waals surface area contributed by atoms with Crippen molar-refractivity contribution in [3.05, 3.63) is 20.3 Å². The normalized spacial score (nSPS) is 23.7. The molecule has 19 heavy (non-hydrogen) atoms. The molecule has 0 radical (unpaired) electrons. The molecule has 1 fully saturated rings. The van der Waals surface area contributed by atoms with Gasteiger partial charge in [-0.05, 0) is 41.8 Å². The van der Waals surface area contributed by atoms with Crippen molar-refractivity contribution in [2.45, 2.75) is 25.9 Å². The summed E-state index contributed by atoms with van der Waals surface area (Å²) in [6, 6.07) is 2.22. The Kier molecular flexibility index (Phi) is 6.29. The van der Waals surface area contributed by atoms with Crippen LogP contribution in [0.15, 0.2) is 10.5 Å². The van der Waals surface area contributed by atoms with Crippen molar-refractivity contribution >= 4 is 27.3 Å². The molecule has 2 atom stereocenters. The van der Waals surface area contributed by atoms with Crippen molar-refractivity contribution in [3.63, 3.8) is 0 Å². The maximum Gasteiger partial charge on any atom is 0.0957 e. The van der Waals surface area contributed by atoms with Crippen molar-refractivity contribution in [2.24, 2.45) is 5.92 Å². The van der Waals surface area contributed by atoms with E-state index < -0.39 is 0 Å². The van der Waals surface area contributed by atoms with Crippen LogP contribution in [0.1, 0.15) is 28.7 Å². The van der Waals surface area contributed by atoms with E-state index in [4.69, 9.17) is 9.47 Å². The van der Waals surface area contributed by atoms with E-state index in [2.05, 4.69) is 34.2 Å². The number of hydrogen-bond donors (Lipinski definition) is 1. The summed E-state index contributed by atoms with van der Waals surface area (Å²) in [6.45, 7) is 5.71. The van der Waals surface area contributed by atoms with E-state index in [0.717, 1.165) is 26.3 Å². The molecule has 0 saturated carbocycles. The third-order valence-corrected chi connectivity index (χ3v) is 5.69. The van der Waals surface area contributed by atoms with Crippen LogP contribution in [0.2, 0.25) is 0 Å². The summed E-state index contributed by atoms with van der Waals surface area (Å²) in [5.74, 6) is 0.565. The predicted octanol–water partition coefficient (Wildman–Crippen LogP) is 3.52. The highest BCUT2D eigenvalue weighted by molar-refractivity contribution is 9.10. The Morgan fingerprint density at radius 3 is 3.11 bits per heavy atom. The van der Waals surface area contributed by atoms with Gasteiger partial charge in [0.25, 0.3) is 0 Å². The number of nitrogens with one attached hydrogen (secondary N) is 1. The lowest BCUT2D eigenvalue weighted by Gasteiger charge is -2.31. The van der Waals surface area contributed by atoms with Crippen molar-refractivity contribution in [1.82, 2.24) is 5.32 Å². The van der Waals surface area contributed by atoms with Gasteiger partial charge in [-0.1, -0.05) is 0 Å². The van der Waals surface area contributed by atoms with Gasteiger partial charge in [-0.25, -0.2) is 0 Å². The molecule has 0 aliphatic carbocycles. The Balaban J connectivity index is 1.95. The fraction of sp³-hybridized carbons (Fsp3) is 0.714. The Bertz CT molecular complexity index is 377. The molecule has 2 unspecified atom stereocenters. The highest BCUT2D eigenvalue weighted by Crippen LogP contribution is 2.39. The summed E-state index contributed by atoms with van der Waals surface area (Å²) in [4.78, 5) is 2.68. The quantitative estimate of drug-likeness (QED) is 0.798. The molecule has 0 bridgehead atoms. The zero-order valence-electron chi connectivity index (χ0n) is 11.6. The highest BCUT2D eigenvalue weighted by Gasteiger charge is 2.28.